The summed E-state index contributed by atoms with van der Waals surface area (Å²) < 4.78 is 6.93. The predicted octanol–water partition coefficient (Wildman–Crippen LogP) is 5.22. The molecule has 0 saturated heterocycles. The summed E-state index contributed by atoms with van der Waals surface area (Å²) in [6.07, 6.45) is -0.318. The zero-order valence-electron chi connectivity index (χ0n) is 10.8. The van der Waals surface area contributed by atoms with Crippen LogP contribution in [0.2, 0.25) is 10.0 Å². The summed E-state index contributed by atoms with van der Waals surface area (Å²) in [6.45, 7) is 1.89. The minimum atomic E-state index is -0.318. The monoisotopic (exact) mass is 373 g/mol. The van der Waals surface area contributed by atoms with E-state index in [-0.39, 0.29) is 12.1 Å². The standard InChI is InChI=1S/C15H14BrCl2NO/c1-9(19)15(11-4-2-3-5-12(11)16)20-14-8-10(17)6-7-13(14)18/h2-9,15H,19H2,1H3. The molecule has 0 aliphatic carbocycles. The minimum Gasteiger partial charge on any atom is -0.482 e. The molecule has 2 aromatic rings. The lowest BCUT2D eigenvalue weighted by molar-refractivity contribution is 0.180. The Morgan fingerprint density at radius 1 is 1.15 bits per heavy atom. The van der Waals surface area contributed by atoms with Gasteiger partial charge in [0.2, 0.25) is 0 Å². The third kappa shape index (κ3) is 3.67. The molecule has 2 nitrogen and oxygen atoms in total. The first kappa shape index (κ1) is 15.6. The molecule has 5 heteroatoms. The smallest absolute Gasteiger partial charge is 0.140 e. The summed E-state index contributed by atoms with van der Waals surface area (Å²) in [7, 11) is 0. The molecule has 0 saturated carbocycles. The average Bonchev–Trinajstić information content (AvgIpc) is 2.40. The summed E-state index contributed by atoms with van der Waals surface area (Å²) in [5.41, 5.74) is 7.02. The van der Waals surface area contributed by atoms with E-state index in [1.54, 1.807) is 18.2 Å². The van der Waals surface area contributed by atoms with Crippen molar-refractivity contribution in [3.63, 3.8) is 0 Å². The lowest BCUT2D eigenvalue weighted by Gasteiger charge is -2.24. The molecule has 0 fully saturated rings. The molecule has 0 amide bonds. The van der Waals surface area contributed by atoms with Crippen LogP contribution in [0.15, 0.2) is 46.9 Å². The maximum atomic E-state index is 6.14. The van der Waals surface area contributed by atoms with Gasteiger partial charge in [-0.2, -0.15) is 0 Å². The molecule has 2 aromatic carbocycles. The Balaban J connectivity index is 2.36. The molecule has 0 aromatic heterocycles. The first-order chi connectivity index (χ1) is 9.49. The normalized spacial score (nSPS) is 13.8. The van der Waals surface area contributed by atoms with Crippen molar-refractivity contribution in [2.45, 2.75) is 19.1 Å². The zero-order valence-corrected chi connectivity index (χ0v) is 13.9. The fourth-order valence-electron chi connectivity index (χ4n) is 1.86. The molecule has 2 unspecified atom stereocenters. The highest BCUT2D eigenvalue weighted by atomic mass is 79.9. The van der Waals surface area contributed by atoms with Crippen LogP contribution in [0, 0.1) is 0 Å². The van der Waals surface area contributed by atoms with E-state index in [4.69, 9.17) is 33.7 Å². The van der Waals surface area contributed by atoms with Crippen molar-refractivity contribution in [3.05, 3.63) is 62.5 Å². The van der Waals surface area contributed by atoms with Gasteiger partial charge in [0, 0.05) is 27.2 Å². The summed E-state index contributed by atoms with van der Waals surface area (Å²) >= 11 is 15.6. The molecular weight excluding hydrogens is 361 g/mol. The van der Waals surface area contributed by atoms with E-state index in [0.29, 0.717) is 15.8 Å². The maximum absolute atomic E-state index is 6.14. The van der Waals surface area contributed by atoms with Gasteiger partial charge in [-0.15, -0.1) is 0 Å². The summed E-state index contributed by atoms with van der Waals surface area (Å²) in [5.74, 6) is 0.525. The number of hydrogen-bond donors (Lipinski definition) is 1. The van der Waals surface area contributed by atoms with E-state index in [1.807, 2.05) is 31.2 Å². The molecule has 0 bridgehead atoms. The van der Waals surface area contributed by atoms with Crippen molar-refractivity contribution in [2.24, 2.45) is 5.73 Å². The van der Waals surface area contributed by atoms with Gasteiger partial charge in [-0.25, -0.2) is 0 Å². The van der Waals surface area contributed by atoms with E-state index >= 15 is 0 Å². The molecule has 2 atom stereocenters. The van der Waals surface area contributed by atoms with Gasteiger partial charge in [0.05, 0.1) is 5.02 Å². The van der Waals surface area contributed by atoms with Crippen LogP contribution in [-0.2, 0) is 0 Å². The van der Waals surface area contributed by atoms with Crippen LogP contribution in [0.1, 0.15) is 18.6 Å². The molecule has 2 N–H and O–H groups in total. The highest BCUT2D eigenvalue weighted by Gasteiger charge is 2.21. The van der Waals surface area contributed by atoms with Crippen molar-refractivity contribution < 1.29 is 4.74 Å². The van der Waals surface area contributed by atoms with Gasteiger partial charge in [0.15, 0.2) is 0 Å². The molecule has 20 heavy (non-hydrogen) atoms. The Bertz CT molecular complexity index is 604. The number of rotatable bonds is 4. The van der Waals surface area contributed by atoms with E-state index in [1.165, 1.54) is 0 Å². The number of ether oxygens (including phenoxy) is 1. The average molecular weight is 375 g/mol. The zero-order chi connectivity index (χ0) is 14.7. The fourth-order valence-corrected chi connectivity index (χ4v) is 2.70. The van der Waals surface area contributed by atoms with Crippen LogP contribution in [0.3, 0.4) is 0 Å². The lowest BCUT2D eigenvalue weighted by atomic mass is 10.0. The highest BCUT2D eigenvalue weighted by molar-refractivity contribution is 9.10. The summed E-state index contributed by atoms with van der Waals surface area (Å²) in [6, 6.07) is 12.7. The molecule has 106 valence electrons. The predicted molar refractivity (Wildman–Crippen MR) is 87.6 cm³/mol. The molecule has 0 aliphatic rings. The SMILES string of the molecule is CC(N)C(Oc1cc(Cl)ccc1Cl)c1ccccc1Br. The highest BCUT2D eigenvalue weighted by Crippen LogP contribution is 2.34. The van der Waals surface area contributed by atoms with Crippen molar-refractivity contribution in [1.29, 1.82) is 0 Å². The third-order valence-corrected chi connectivity index (χ3v) is 4.11. The minimum absolute atomic E-state index is 0.205. The Morgan fingerprint density at radius 2 is 1.85 bits per heavy atom. The maximum Gasteiger partial charge on any atom is 0.140 e. The van der Waals surface area contributed by atoms with Crippen LogP contribution in [0.5, 0.6) is 5.75 Å². The van der Waals surface area contributed by atoms with Crippen LogP contribution in [-0.4, -0.2) is 6.04 Å². The Hall–Kier alpha value is -0.740. The van der Waals surface area contributed by atoms with Crippen LogP contribution in [0.4, 0.5) is 0 Å². The Kier molecular flexibility index (Phi) is 5.33. The van der Waals surface area contributed by atoms with Gasteiger partial charge in [-0.3, -0.25) is 0 Å². The molecule has 0 radical (unpaired) electrons. The topological polar surface area (TPSA) is 35.2 Å². The molecular formula is C15H14BrCl2NO. The Labute approximate surface area is 137 Å². The van der Waals surface area contributed by atoms with Gasteiger partial charge in [-0.05, 0) is 25.1 Å². The van der Waals surface area contributed by atoms with Crippen molar-refractivity contribution in [2.75, 3.05) is 0 Å². The number of halogens is 3. The largest absolute Gasteiger partial charge is 0.482 e. The van der Waals surface area contributed by atoms with Crippen LogP contribution in [0.25, 0.3) is 0 Å². The van der Waals surface area contributed by atoms with Gasteiger partial charge >= 0.3 is 0 Å². The second-order valence-electron chi connectivity index (χ2n) is 4.49. The van der Waals surface area contributed by atoms with E-state index < -0.39 is 0 Å². The quantitative estimate of drug-likeness (QED) is 0.795. The van der Waals surface area contributed by atoms with Crippen molar-refractivity contribution >= 4 is 39.1 Å². The van der Waals surface area contributed by atoms with Crippen LogP contribution < -0.4 is 10.5 Å². The number of nitrogens with two attached hydrogens (primary N) is 1. The molecule has 0 aliphatic heterocycles. The number of hydrogen-bond acceptors (Lipinski definition) is 2. The molecule has 2 rings (SSSR count). The van der Waals surface area contributed by atoms with Gasteiger partial charge < -0.3 is 10.5 Å². The van der Waals surface area contributed by atoms with Crippen molar-refractivity contribution in [3.8, 4) is 5.75 Å². The first-order valence-corrected chi connectivity index (χ1v) is 7.65. The summed E-state index contributed by atoms with van der Waals surface area (Å²) in [4.78, 5) is 0. The van der Waals surface area contributed by atoms with Gasteiger partial charge in [0.25, 0.3) is 0 Å². The first-order valence-electron chi connectivity index (χ1n) is 6.10. The second-order valence-corrected chi connectivity index (χ2v) is 6.19. The third-order valence-electron chi connectivity index (χ3n) is 2.84. The number of benzene rings is 2. The van der Waals surface area contributed by atoms with E-state index in [2.05, 4.69) is 15.9 Å². The van der Waals surface area contributed by atoms with Gasteiger partial charge in [-0.1, -0.05) is 57.3 Å². The second kappa shape index (κ2) is 6.81. The fraction of sp³-hybridized carbons (Fsp3) is 0.200. The summed E-state index contributed by atoms with van der Waals surface area (Å²) in [5, 5.41) is 1.08. The van der Waals surface area contributed by atoms with E-state index in [9.17, 15) is 0 Å². The van der Waals surface area contributed by atoms with Gasteiger partial charge in [0.1, 0.15) is 11.9 Å². The van der Waals surface area contributed by atoms with Crippen molar-refractivity contribution in [1.82, 2.24) is 0 Å². The molecule has 0 spiro atoms. The lowest BCUT2D eigenvalue weighted by Crippen LogP contribution is -2.29. The Morgan fingerprint density at radius 3 is 2.50 bits per heavy atom. The molecule has 0 heterocycles. The van der Waals surface area contributed by atoms with E-state index in [0.717, 1.165) is 10.0 Å². The van der Waals surface area contributed by atoms with Crippen LogP contribution >= 0.6 is 39.1 Å².